The van der Waals surface area contributed by atoms with Gasteiger partial charge in [-0.25, -0.2) is 4.79 Å². The minimum atomic E-state index is -0.115. The summed E-state index contributed by atoms with van der Waals surface area (Å²) in [5, 5.41) is 5.96. The van der Waals surface area contributed by atoms with E-state index in [-0.39, 0.29) is 6.03 Å². The summed E-state index contributed by atoms with van der Waals surface area (Å²) in [6.45, 7) is 5.45. The van der Waals surface area contributed by atoms with Gasteiger partial charge in [0, 0.05) is 31.4 Å². The van der Waals surface area contributed by atoms with Gasteiger partial charge in [0.25, 0.3) is 0 Å². The minimum Gasteiger partial charge on any atom is -0.494 e. The molecule has 0 radical (unpaired) electrons. The van der Waals surface area contributed by atoms with Gasteiger partial charge >= 0.3 is 6.03 Å². The van der Waals surface area contributed by atoms with Crippen molar-refractivity contribution >= 4 is 11.7 Å². The van der Waals surface area contributed by atoms with E-state index >= 15 is 0 Å². The maximum atomic E-state index is 12.1. The Balaban J connectivity index is 1.32. The van der Waals surface area contributed by atoms with E-state index in [0.29, 0.717) is 12.6 Å². The molecular weight excluding hydrogens is 330 g/mol. The van der Waals surface area contributed by atoms with Crippen LogP contribution in [0.5, 0.6) is 5.75 Å². The molecule has 26 heavy (non-hydrogen) atoms. The van der Waals surface area contributed by atoms with Gasteiger partial charge in [-0.15, -0.1) is 0 Å². The molecule has 1 saturated carbocycles. The van der Waals surface area contributed by atoms with Crippen LogP contribution in [-0.2, 0) is 4.74 Å². The Hall–Kier alpha value is -1.79. The largest absolute Gasteiger partial charge is 0.494 e. The summed E-state index contributed by atoms with van der Waals surface area (Å²) in [7, 11) is 0. The quantitative estimate of drug-likeness (QED) is 0.732. The SMILES string of the molecule is O=C(Nc1ccc(OCCCN2CCOCC2)cc1)NC1CCCCC1. The Morgan fingerprint density at radius 2 is 1.85 bits per heavy atom. The fourth-order valence-electron chi connectivity index (χ4n) is 3.54. The lowest BCUT2D eigenvalue weighted by molar-refractivity contribution is 0.0358. The van der Waals surface area contributed by atoms with Gasteiger partial charge in [-0.1, -0.05) is 19.3 Å². The highest BCUT2D eigenvalue weighted by Crippen LogP contribution is 2.18. The standard InChI is InChI=1S/C20H31N3O3/c24-20(21-17-5-2-1-3-6-17)22-18-7-9-19(10-8-18)26-14-4-11-23-12-15-25-16-13-23/h7-10,17H,1-6,11-16H2,(H2,21,22,24). The number of benzene rings is 1. The van der Waals surface area contributed by atoms with Gasteiger partial charge in [-0.05, 0) is 43.5 Å². The number of hydrogen-bond acceptors (Lipinski definition) is 4. The fraction of sp³-hybridized carbons (Fsp3) is 0.650. The molecule has 2 fully saturated rings. The lowest BCUT2D eigenvalue weighted by atomic mass is 9.96. The van der Waals surface area contributed by atoms with E-state index in [1.54, 1.807) is 0 Å². The molecule has 3 rings (SSSR count). The van der Waals surface area contributed by atoms with Gasteiger partial charge in [0.2, 0.25) is 0 Å². The highest BCUT2D eigenvalue weighted by atomic mass is 16.5. The predicted molar refractivity (Wildman–Crippen MR) is 103 cm³/mol. The molecule has 0 aromatic heterocycles. The number of ether oxygens (including phenoxy) is 2. The van der Waals surface area contributed by atoms with Crippen LogP contribution < -0.4 is 15.4 Å². The molecular formula is C20H31N3O3. The number of carbonyl (C=O) groups excluding carboxylic acids is 1. The third kappa shape index (κ3) is 6.50. The van der Waals surface area contributed by atoms with Gasteiger partial charge in [0.15, 0.2) is 0 Å². The molecule has 1 aromatic rings. The van der Waals surface area contributed by atoms with Crippen LogP contribution in [0.3, 0.4) is 0 Å². The molecule has 6 heteroatoms. The number of hydrogen-bond donors (Lipinski definition) is 2. The molecule has 6 nitrogen and oxygen atoms in total. The lowest BCUT2D eigenvalue weighted by Crippen LogP contribution is -2.38. The predicted octanol–water partition coefficient (Wildman–Crippen LogP) is 3.24. The third-order valence-corrected chi connectivity index (χ3v) is 5.04. The first-order chi connectivity index (χ1) is 12.8. The molecule has 144 valence electrons. The first-order valence-corrected chi connectivity index (χ1v) is 9.90. The Bertz CT molecular complexity index is 538. The van der Waals surface area contributed by atoms with E-state index in [4.69, 9.17) is 9.47 Å². The zero-order valence-electron chi connectivity index (χ0n) is 15.5. The maximum Gasteiger partial charge on any atom is 0.319 e. The Morgan fingerprint density at radius 3 is 2.58 bits per heavy atom. The zero-order chi connectivity index (χ0) is 18.0. The second kappa shape index (κ2) is 10.4. The number of anilines is 1. The van der Waals surface area contributed by atoms with Crippen molar-refractivity contribution in [2.75, 3.05) is 44.8 Å². The summed E-state index contributed by atoms with van der Waals surface area (Å²) in [4.78, 5) is 14.5. The van der Waals surface area contributed by atoms with Crippen molar-refractivity contribution in [1.29, 1.82) is 0 Å². The topological polar surface area (TPSA) is 62.8 Å². The third-order valence-electron chi connectivity index (χ3n) is 5.04. The van der Waals surface area contributed by atoms with Crippen molar-refractivity contribution in [3.63, 3.8) is 0 Å². The first kappa shape index (κ1) is 19.0. The Morgan fingerprint density at radius 1 is 1.12 bits per heavy atom. The molecule has 1 heterocycles. The van der Waals surface area contributed by atoms with Crippen LogP contribution in [0.1, 0.15) is 38.5 Å². The summed E-state index contributed by atoms with van der Waals surface area (Å²) in [5.74, 6) is 0.838. The average molecular weight is 361 g/mol. The molecule has 1 aromatic carbocycles. The Labute approximate surface area is 156 Å². The van der Waals surface area contributed by atoms with E-state index in [1.807, 2.05) is 24.3 Å². The number of urea groups is 1. The van der Waals surface area contributed by atoms with E-state index in [9.17, 15) is 4.79 Å². The summed E-state index contributed by atoms with van der Waals surface area (Å²) in [5.41, 5.74) is 0.791. The molecule has 2 aliphatic rings. The van der Waals surface area contributed by atoms with Crippen molar-refractivity contribution in [2.24, 2.45) is 0 Å². The number of amides is 2. The molecule has 2 amide bonds. The van der Waals surface area contributed by atoms with Crippen molar-refractivity contribution in [1.82, 2.24) is 10.2 Å². The van der Waals surface area contributed by atoms with Gasteiger partial charge in [-0.3, -0.25) is 4.90 Å². The van der Waals surface area contributed by atoms with Gasteiger partial charge in [0.05, 0.1) is 19.8 Å². The van der Waals surface area contributed by atoms with Crippen LogP contribution in [0.2, 0.25) is 0 Å². The van der Waals surface area contributed by atoms with Crippen molar-refractivity contribution in [3.8, 4) is 5.75 Å². The normalized spacial score (nSPS) is 19.1. The van der Waals surface area contributed by atoms with Gasteiger partial charge in [-0.2, -0.15) is 0 Å². The van der Waals surface area contributed by atoms with E-state index in [1.165, 1.54) is 19.3 Å². The molecule has 0 atom stereocenters. The second-order valence-electron chi connectivity index (χ2n) is 7.11. The number of nitrogens with one attached hydrogen (secondary N) is 2. The van der Waals surface area contributed by atoms with E-state index in [0.717, 1.165) is 63.5 Å². The summed E-state index contributed by atoms with van der Waals surface area (Å²) in [6.07, 6.45) is 6.89. The Kier molecular flexibility index (Phi) is 7.58. The van der Waals surface area contributed by atoms with Crippen molar-refractivity contribution in [2.45, 2.75) is 44.6 Å². The van der Waals surface area contributed by atoms with Crippen LogP contribution in [0.25, 0.3) is 0 Å². The fourth-order valence-corrected chi connectivity index (χ4v) is 3.54. The summed E-state index contributed by atoms with van der Waals surface area (Å²) < 4.78 is 11.1. The van der Waals surface area contributed by atoms with Crippen LogP contribution >= 0.6 is 0 Å². The van der Waals surface area contributed by atoms with Crippen LogP contribution in [0, 0.1) is 0 Å². The average Bonchev–Trinajstić information content (AvgIpc) is 2.68. The van der Waals surface area contributed by atoms with E-state index < -0.39 is 0 Å². The summed E-state index contributed by atoms with van der Waals surface area (Å²) in [6, 6.07) is 7.79. The molecule has 1 aliphatic heterocycles. The van der Waals surface area contributed by atoms with Crippen molar-refractivity contribution in [3.05, 3.63) is 24.3 Å². The minimum absolute atomic E-state index is 0.115. The lowest BCUT2D eigenvalue weighted by Gasteiger charge is -2.26. The molecule has 2 N–H and O–H groups in total. The molecule has 1 saturated heterocycles. The molecule has 1 aliphatic carbocycles. The van der Waals surface area contributed by atoms with Crippen LogP contribution in [0.4, 0.5) is 10.5 Å². The van der Waals surface area contributed by atoms with E-state index in [2.05, 4.69) is 15.5 Å². The molecule has 0 unspecified atom stereocenters. The van der Waals surface area contributed by atoms with Crippen molar-refractivity contribution < 1.29 is 14.3 Å². The number of rotatable bonds is 7. The van der Waals surface area contributed by atoms with Crippen LogP contribution in [0.15, 0.2) is 24.3 Å². The highest BCUT2D eigenvalue weighted by Gasteiger charge is 2.15. The zero-order valence-corrected chi connectivity index (χ0v) is 15.5. The van der Waals surface area contributed by atoms with Crippen LogP contribution in [-0.4, -0.2) is 56.4 Å². The second-order valence-corrected chi connectivity index (χ2v) is 7.11. The molecule has 0 spiro atoms. The van der Waals surface area contributed by atoms with Gasteiger partial charge in [0.1, 0.15) is 5.75 Å². The van der Waals surface area contributed by atoms with Gasteiger partial charge < -0.3 is 20.1 Å². The first-order valence-electron chi connectivity index (χ1n) is 9.90. The number of carbonyl (C=O) groups is 1. The maximum absolute atomic E-state index is 12.1. The summed E-state index contributed by atoms with van der Waals surface area (Å²) >= 11 is 0. The highest BCUT2D eigenvalue weighted by molar-refractivity contribution is 5.89. The smallest absolute Gasteiger partial charge is 0.319 e. The number of morpholine rings is 1. The molecule has 0 bridgehead atoms. The monoisotopic (exact) mass is 361 g/mol. The number of nitrogens with zero attached hydrogens (tertiary/aromatic N) is 1.